The second-order valence-corrected chi connectivity index (χ2v) is 5.38. The van der Waals surface area contributed by atoms with Crippen molar-refractivity contribution >= 4 is 17.7 Å². The molecule has 7 heteroatoms. The first-order chi connectivity index (χ1) is 10.0. The van der Waals surface area contributed by atoms with Gasteiger partial charge in [-0.15, -0.1) is 11.8 Å². The first-order valence-electron chi connectivity index (χ1n) is 6.78. The Morgan fingerprint density at radius 2 is 1.90 bits per heavy atom. The minimum absolute atomic E-state index is 0.259. The quantitative estimate of drug-likeness (QED) is 0.350. The van der Waals surface area contributed by atoms with E-state index in [9.17, 15) is 13.2 Å². The molecule has 0 radical (unpaired) electrons. The van der Waals surface area contributed by atoms with Crippen molar-refractivity contribution < 1.29 is 13.2 Å². The van der Waals surface area contributed by atoms with Crippen LogP contribution < -0.4 is 10.6 Å². The van der Waals surface area contributed by atoms with E-state index in [4.69, 9.17) is 0 Å². The molecule has 0 spiro atoms. The van der Waals surface area contributed by atoms with Crippen molar-refractivity contribution in [3.63, 3.8) is 0 Å². The van der Waals surface area contributed by atoms with Crippen LogP contribution in [0.25, 0.3) is 0 Å². The molecule has 0 aromatic heterocycles. The van der Waals surface area contributed by atoms with Crippen molar-refractivity contribution in [3.8, 4) is 0 Å². The molecule has 2 N–H and O–H groups in total. The van der Waals surface area contributed by atoms with Crippen molar-refractivity contribution in [2.45, 2.75) is 24.4 Å². The predicted molar refractivity (Wildman–Crippen MR) is 81.8 cm³/mol. The second kappa shape index (κ2) is 9.55. The smallest absolute Gasteiger partial charge is 0.357 e. The van der Waals surface area contributed by atoms with Gasteiger partial charge in [0, 0.05) is 23.7 Å². The van der Waals surface area contributed by atoms with Crippen LogP contribution in [0.4, 0.5) is 13.2 Å². The number of hydrogen-bond donors (Lipinski definition) is 2. The molecule has 0 amide bonds. The summed E-state index contributed by atoms with van der Waals surface area (Å²) in [6.07, 6.45) is -5.06. The van der Waals surface area contributed by atoms with Gasteiger partial charge in [-0.1, -0.05) is 18.2 Å². The molecule has 1 aromatic carbocycles. The number of aliphatic imine (C=N–C) groups is 1. The molecule has 1 rings (SSSR count). The summed E-state index contributed by atoms with van der Waals surface area (Å²) in [6.45, 7) is 2.87. The van der Waals surface area contributed by atoms with Crippen LogP contribution in [0, 0.1) is 0 Å². The van der Waals surface area contributed by atoms with Gasteiger partial charge in [0.05, 0.1) is 13.0 Å². The van der Waals surface area contributed by atoms with Crippen LogP contribution in [0.1, 0.15) is 13.3 Å². The zero-order valence-electron chi connectivity index (χ0n) is 11.9. The molecule has 0 unspecified atom stereocenters. The van der Waals surface area contributed by atoms with Crippen LogP contribution in [0.15, 0.2) is 40.2 Å². The highest BCUT2D eigenvalue weighted by atomic mass is 32.2. The van der Waals surface area contributed by atoms with E-state index in [0.717, 1.165) is 5.75 Å². The third kappa shape index (κ3) is 9.23. The van der Waals surface area contributed by atoms with Gasteiger partial charge in [0.2, 0.25) is 0 Å². The van der Waals surface area contributed by atoms with Gasteiger partial charge in [-0.3, -0.25) is 4.99 Å². The summed E-state index contributed by atoms with van der Waals surface area (Å²) in [5.74, 6) is 1.24. The molecule has 0 aliphatic heterocycles. The molecule has 0 fully saturated rings. The monoisotopic (exact) mass is 319 g/mol. The summed E-state index contributed by atoms with van der Waals surface area (Å²) in [5, 5.41) is 5.96. The lowest BCUT2D eigenvalue weighted by Gasteiger charge is -2.11. The minimum atomic E-state index is -4.16. The van der Waals surface area contributed by atoms with E-state index in [0.29, 0.717) is 19.0 Å². The molecule has 21 heavy (non-hydrogen) atoms. The summed E-state index contributed by atoms with van der Waals surface area (Å²) in [6, 6.07) is 9.94. The molecular weight excluding hydrogens is 299 g/mol. The van der Waals surface area contributed by atoms with Crippen LogP contribution in [-0.4, -0.2) is 37.5 Å². The van der Waals surface area contributed by atoms with Crippen molar-refractivity contribution in [2.24, 2.45) is 4.99 Å². The number of thioether (sulfide) groups is 1. The lowest BCUT2D eigenvalue weighted by atomic mass is 10.4. The zero-order chi connectivity index (χ0) is 15.6. The van der Waals surface area contributed by atoms with E-state index < -0.39 is 12.6 Å². The molecule has 0 saturated heterocycles. The Labute approximate surface area is 127 Å². The van der Waals surface area contributed by atoms with Gasteiger partial charge in [-0.25, -0.2) is 0 Å². The zero-order valence-corrected chi connectivity index (χ0v) is 12.7. The van der Waals surface area contributed by atoms with Crippen molar-refractivity contribution in [1.29, 1.82) is 0 Å². The number of alkyl halides is 3. The van der Waals surface area contributed by atoms with E-state index in [1.54, 1.807) is 11.8 Å². The minimum Gasteiger partial charge on any atom is -0.357 e. The van der Waals surface area contributed by atoms with Crippen LogP contribution >= 0.6 is 11.8 Å². The summed E-state index contributed by atoms with van der Waals surface area (Å²) in [5.41, 5.74) is 0. The molecule has 0 saturated carbocycles. The average Bonchev–Trinajstić information content (AvgIpc) is 2.43. The Kier molecular flexibility index (Phi) is 8.04. The number of guanidine groups is 1. The van der Waals surface area contributed by atoms with Gasteiger partial charge in [0.1, 0.15) is 0 Å². The molecule has 118 valence electrons. The highest BCUT2D eigenvalue weighted by Crippen LogP contribution is 2.19. The van der Waals surface area contributed by atoms with Crippen LogP contribution in [0.3, 0.4) is 0 Å². The summed E-state index contributed by atoms with van der Waals surface area (Å²) >= 11 is 1.68. The van der Waals surface area contributed by atoms with E-state index in [1.165, 1.54) is 4.90 Å². The largest absolute Gasteiger partial charge is 0.390 e. The lowest BCUT2D eigenvalue weighted by Crippen LogP contribution is -2.38. The summed E-state index contributed by atoms with van der Waals surface area (Å²) < 4.78 is 36.2. The second-order valence-electron chi connectivity index (χ2n) is 4.21. The first-order valence-corrected chi connectivity index (χ1v) is 7.76. The molecule has 0 aliphatic rings. The van der Waals surface area contributed by atoms with Gasteiger partial charge in [0.25, 0.3) is 0 Å². The van der Waals surface area contributed by atoms with E-state index in [2.05, 4.69) is 15.6 Å². The molecule has 1 aromatic rings. The predicted octanol–water partition coefficient (Wildman–Crippen LogP) is 3.29. The number of halogens is 3. The third-order valence-corrected chi connectivity index (χ3v) is 3.43. The Balaban J connectivity index is 2.28. The van der Waals surface area contributed by atoms with Crippen molar-refractivity contribution in [1.82, 2.24) is 10.6 Å². The van der Waals surface area contributed by atoms with Gasteiger partial charge in [0.15, 0.2) is 5.96 Å². The van der Waals surface area contributed by atoms with Gasteiger partial charge in [-0.2, -0.15) is 13.2 Å². The Morgan fingerprint density at radius 1 is 1.19 bits per heavy atom. The fourth-order valence-corrected chi connectivity index (χ4v) is 2.28. The van der Waals surface area contributed by atoms with Gasteiger partial charge in [-0.05, 0) is 19.1 Å². The Bertz CT molecular complexity index is 421. The van der Waals surface area contributed by atoms with Gasteiger partial charge < -0.3 is 10.6 Å². The van der Waals surface area contributed by atoms with Crippen LogP contribution in [0.2, 0.25) is 0 Å². The van der Waals surface area contributed by atoms with Crippen LogP contribution in [0.5, 0.6) is 0 Å². The maximum Gasteiger partial charge on any atom is 0.390 e. The molecule has 0 aliphatic carbocycles. The van der Waals surface area contributed by atoms with E-state index in [-0.39, 0.29) is 6.54 Å². The maximum absolute atomic E-state index is 12.1. The van der Waals surface area contributed by atoms with E-state index >= 15 is 0 Å². The number of benzene rings is 1. The Hall–Kier alpha value is -1.37. The third-order valence-electron chi connectivity index (χ3n) is 2.42. The number of hydrogen-bond acceptors (Lipinski definition) is 2. The first kappa shape index (κ1) is 17.7. The fourth-order valence-electron chi connectivity index (χ4n) is 1.49. The molecule has 0 bridgehead atoms. The molecule has 3 nitrogen and oxygen atoms in total. The summed E-state index contributed by atoms with van der Waals surface area (Å²) in [7, 11) is 0. The van der Waals surface area contributed by atoms with Crippen molar-refractivity contribution in [2.75, 3.05) is 25.4 Å². The number of rotatable bonds is 7. The van der Waals surface area contributed by atoms with E-state index in [1.807, 2.05) is 37.3 Å². The number of nitrogens with one attached hydrogen (secondary N) is 2. The van der Waals surface area contributed by atoms with Crippen molar-refractivity contribution in [3.05, 3.63) is 30.3 Å². The Morgan fingerprint density at radius 3 is 2.52 bits per heavy atom. The number of nitrogens with zero attached hydrogens (tertiary/aromatic N) is 1. The topological polar surface area (TPSA) is 36.4 Å². The standard InChI is InChI=1S/C14H20F3N3S/c1-2-18-13(19-9-8-14(15,16)17)20-10-11-21-12-6-4-3-5-7-12/h3-7H,2,8-11H2,1H3,(H2,18,19,20). The molecule has 0 heterocycles. The SMILES string of the molecule is CCNC(=NCCC(F)(F)F)NCCSc1ccccc1. The highest BCUT2D eigenvalue weighted by molar-refractivity contribution is 7.99. The van der Waals surface area contributed by atoms with Gasteiger partial charge >= 0.3 is 6.18 Å². The average molecular weight is 319 g/mol. The maximum atomic E-state index is 12.1. The normalized spacial score (nSPS) is 12.3. The lowest BCUT2D eigenvalue weighted by molar-refractivity contribution is -0.132. The van der Waals surface area contributed by atoms with Crippen LogP contribution in [-0.2, 0) is 0 Å². The highest BCUT2D eigenvalue weighted by Gasteiger charge is 2.26. The fraction of sp³-hybridized carbons (Fsp3) is 0.500. The molecular formula is C14H20F3N3S. The molecule has 0 atom stereocenters. The summed E-state index contributed by atoms with van der Waals surface area (Å²) in [4.78, 5) is 5.07.